The zero-order valence-corrected chi connectivity index (χ0v) is 9.88. The van der Waals surface area contributed by atoms with Crippen molar-refractivity contribution in [3.05, 3.63) is 34.4 Å². The third-order valence-electron chi connectivity index (χ3n) is 2.14. The number of carbonyl (C=O) groups is 1. The van der Waals surface area contributed by atoms with Crippen molar-refractivity contribution in [3.8, 4) is 0 Å². The Morgan fingerprint density at radius 1 is 1.29 bits per heavy atom. The number of nitro benzene ring substituents is 1. The largest absolute Gasteiger partial charge is 0.281 e. The maximum atomic E-state index is 11.7. The molecule has 1 rings (SSSR count). The third-order valence-corrected chi connectivity index (χ3v) is 2.14. The van der Waals surface area contributed by atoms with Gasteiger partial charge in [-0.15, -0.1) is 0 Å². The lowest BCUT2D eigenvalue weighted by Crippen LogP contribution is -2.37. The van der Waals surface area contributed by atoms with Crippen molar-refractivity contribution in [1.29, 1.82) is 0 Å². The molecule has 1 N–H and O–H groups in total. The van der Waals surface area contributed by atoms with E-state index < -0.39 is 16.2 Å². The van der Waals surface area contributed by atoms with E-state index >= 15 is 0 Å². The lowest BCUT2D eigenvalue weighted by molar-refractivity contribution is -0.384. The standard InChI is InChI=1S/C11H14N2O4/c1-11(2,3)10(14)12(15)8-4-6-9(7-5-8)13(16)17/h4-7,15H,1-3H3. The number of hydrogen-bond acceptors (Lipinski definition) is 4. The molecule has 0 unspecified atom stereocenters. The highest BCUT2D eigenvalue weighted by Crippen LogP contribution is 2.23. The molecule has 0 saturated carbocycles. The maximum absolute atomic E-state index is 11.7. The van der Waals surface area contributed by atoms with Crippen LogP contribution in [-0.2, 0) is 4.79 Å². The number of anilines is 1. The molecule has 1 amide bonds. The van der Waals surface area contributed by atoms with Crippen LogP contribution in [0.25, 0.3) is 0 Å². The van der Waals surface area contributed by atoms with E-state index in [-0.39, 0.29) is 11.4 Å². The Hall–Kier alpha value is -1.95. The second-order valence-electron chi connectivity index (χ2n) is 4.64. The average molecular weight is 238 g/mol. The number of hydrogen-bond donors (Lipinski definition) is 1. The minimum atomic E-state index is -0.726. The van der Waals surface area contributed by atoms with Gasteiger partial charge < -0.3 is 0 Å². The summed E-state index contributed by atoms with van der Waals surface area (Å²) in [5.74, 6) is -0.480. The number of nitro groups is 1. The second kappa shape index (κ2) is 4.50. The molecule has 6 nitrogen and oxygen atoms in total. The smallest absolute Gasteiger partial charge is 0.269 e. The highest BCUT2D eigenvalue weighted by molar-refractivity contribution is 5.94. The van der Waals surface area contributed by atoms with Crippen LogP contribution in [0, 0.1) is 15.5 Å². The van der Waals surface area contributed by atoms with Gasteiger partial charge >= 0.3 is 0 Å². The normalized spacial score (nSPS) is 11.1. The molecule has 0 aliphatic rings. The maximum Gasteiger partial charge on any atom is 0.269 e. The van der Waals surface area contributed by atoms with Crippen molar-refractivity contribution in [3.63, 3.8) is 0 Å². The second-order valence-corrected chi connectivity index (χ2v) is 4.64. The van der Waals surface area contributed by atoms with Gasteiger partial charge in [-0.1, -0.05) is 20.8 Å². The van der Waals surface area contributed by atoms with E-state index in [4.69, 9.17) is 0 Å². The summed E-state index contributed by atoms with van der Waals surface area (Å²) < 4.78 is 0. The summed E-state index contributed by atoms with van der Waals surface area (Å²) in [6.07, 6.45) is 0. The fraction of sp³-hybridized carbons (Fsp3) is 0.364. The molecule has 0 aliphatic heterocycles. The average Bonchev–Trinajstić information content (AvgIpc) is 2.26. The number of hydroxylamine groups is 1. The number of rotatable bonds is 2. The summed E-state index contributed by atoms with van der Waals surface area (Å²) in [5.41, 5.74) is -0.614. The first-order valence-electron chi connectivity index (χ1n) is 5.01. The molecule has 6 heteroatoms. The predicted molar refractivity (Wildman–Crippen MR) is 61.8 cm³/mol. The molecule has 0 bridgehead atoms. The van der Waals surface area contributed by atoms with Crippen molar-refractivity contribution < 1.29 is 14.9 Å². The Bertz CT molecular complexity index is 434. The van der Waals surface area contributed by atoms with Crippen LogP contribution < -0.4 is 5.06 Å². The van der Waals surface area contributed by atoms with Crippen LogP contribution in [0.2, 0.25) is 0 Å². The van der Waals surface area contributed by atoms with E-state index in [1.54, 1.807) is 20.8 Å². The molecule has 0 fully saturated rings. The Kier molecular flexibility index (Phi) is 3.47. The highest BCUT2D eigenvalue weighted by Gasteiger charge is 2.27. The van der Waals surface area contributed by atoms with Crippen molar-refractivity contribution in [2.45, 2.75) is 20.8 Å². The van der Waals surface area contributed by atoms with Gasteiger partial charge in [-0.25, -0.2) is 0 Å². The van der Waals surface area contributed by atoms with Crippen LogP contribution in [0.4, 0.5) is 11.4 Å². The van der Waals surface area contributed by atoms with Crippen molar-refractivity contribution in [2.24, 2.45) is 5.41 Å². The summed E-state index contributed by atoms with van der Waals surface area (Å²) in [4.78, 5) is 21.6. The molecule has 0 aliphatic carbocycles. The summed E-state index contributed by atoms with van der Waals surface area (Å²) in [6, 6.07) is 5.10. The Labute approximate surface area is 98.6 Å². The van der Waals surface area contributed by atoms with E-state index in [0.717, 1.165) is 0 Å². The molecule has 92 valence electrons. The lowest BCUT2D eigenvalue weighted by atomic mass is 9.95. The minimum absolute atomic E-state index is 0.0923. The van der Waals surface area contributed by atoms with E-state index in [1.807, 2.05) is 0 Å². The molecule has 0 atom stereocenters. The predicted octanol–water partition coefficient (Wildman–Crippen LogP) is 2.36. The molecule has 1 aromatic carbocycles. The van der Waals surface area contributed by atoms with Gasteiger partial charge in [0, 0.05) is 17.5 Å². The van der Waals surface area contributed by atoms with Crippen molar-refractivity contribution >= 4 is 17.3 Å². The Morgan fingerprint density at radius 2 is 1.76 bits per heavy atom. The molecule has 0 aromatic heterocycles. The topological polar surface area (TPSA) is 83.7 Å². The van der Waals surface area contributed by atoms with E-state index in [0.29, 0.717) is 5.06 Å². The molecule has 0 radical (unpaired) electrons. The van der Waals surface area contributed by atoms with Gasteiger partial charge in [-0.2, -0.15) is 5.06 Å². The zero-order valence-electron chi connectivity index (χ0n) is 9.88. The van der Waals surface area contributed by atoms with Gasteiger partial charge in [0.2, 0.25) is 0 Å². The molecular weight excluding hydrogens is 224 g/mol. The van der Waals surface area contributed by atoms with Crippen molar-refractivity contribution in [2.75, 3.05) is 5.06 Å². The fourth-order valence-electron chi connectivity index (χ4n) is 1.15. The molecule has 0 spiro atoms. The van der Waals surface area contributed by atoms with E-state index in [1.165, 1.54) is 24.3 Å². The highest BCUT2D eigenvalue weighted by atomic mass is 16.6. The van der Waals surface area contributed by atoms with Gasteiger partial charge in [-0.05, 0) is 12.1 Å². The summed E-state index contributed by atoms with van der Waals surface area (Å²) in [7, 11) is 0. The Morgan fingerprint density at radius 3 is 2.12 bits per heavy atom. The fourth-order valence-corrected chi connectivity index (χ4v) is 1.15. The number of non-ortho nitro benzene ring substituents is 1. The van der Waals surface area contributed by atoms with Crippen LogP contribution >= 0.6 is 0 Å². The van der Waals surface area contributed by atoms with Crippen LogP contribution in [0.5, 0.6) is 0 Å². The molecule has 1 aromatic rings. The lowest BCUT2D eigenvalue weighted by Gasteiger charge is -2.23. The molecule has 0 heterocycles. The van der Waals surface area contributed by atoms with Crippen LogP contribution in [-0.4, -0.2) is 16.0 Å². The number of amides is 1. The quantitative estimate of drug-likeness (QED) is 0.487. The van der Waals surface area contributed by atoms with Crippen LogP contribution in [0.1, 0.15) is 20.8 Å². The van der Waals surface area contributed by atoms with E-state index in [2.05, 4.69) is 0 Å². The summed E-state index contributed by atoms with van der Waals surface area (Å²) in [6.45, 7) is 5.01. The SMILES string of the molecule is CC(C)(C)C(=O)N(O)c1ccc([N+](=O)[O-])cc1. The monoisotopic (exact) mass is 238 g/mol. The summed E-state index contributed by atoms with van der Waals surface area (Å²) >= 11 is 0. The van der Waals surface area contributed by atoms with Gasteiger partial charge in [0.15, 0.2) is 0 Å². The number of carbonyl (C=O) groups excluding carboxylic acids is 1. The first-order valence-corrected chi connectivity index (χ1v) is 5.01. The van der Waals surface area contributed by atoms with Gasteiger partial charge in [0.05, 0.1) is 10.6 Å². The third kappa shape index (κ3) is 3.01. The molecular formula is C11H14N2O4. The first kappa shape index (κ1) is 13.1. The zero-order chi connectivity index (χ0) is 13.2. The first-order chi connectivity index (χ1) is 7.73. The van der Waals surface area contributed by atoms with Gasteiger partial charge in [-0.3, -0.25) is 20.1 Å². The number of benzene rings is 1. The molecule has 17 heavy (non-hydrogen) atoms. The van der Waals surface area contributed by atoms with Gasteiger partial charge in [0.1, 0.15) is 0 Å². The van der Waals surface area contributed by atoms with Crippen LogP contribution in [0.15, 0.2) is 24.3 Å². The van der Waals surface area contributed by atoms with Crippen LogP contribution in [0.3, 0.4) is 0 Å². The van der Waals surface area contributed by atoms with Crippen molar-refractivity contribution in [1.82, 2.24) is 0 Å². The molecule has 0 saturated heterocycles. The van der Waals surface area contributed by atoms with Gasteiger partial charge in [0.25, 0.3) is 11.6 Å². The Balaban J connectivity index is 2.94. The van der Waals surface area contributed by atoms with E-state index in [9.17, 15) is 20.1 Å². The minimum Gasteiger partial charge on any atom is -0.281 e. The number of nitrogens with zero attached hydrogens (tertiary/aromatic N) is 2. The summed E-state index contributed by atoms with van der Waals surface area (Å²) in [5, 5.41) is 20.6.